The second-order valence-electron chi connectivity index (χ2n) is 10.2. The summed E-state index contributed by atoms with van der Waals surface area (Å²) >= 11 is 0. The van der Waals surface area contributed by atoms with E-state index in [2.05, 4.69) is 10.0 Å². The number of aromatic nitrogens is 1. The van der Waals surface area contributed by atoms with Crippen LogP contribution in [0.5, 0.6) is 0 Å². The molecule has 0 aliphatic carbocycles. The standard InChI is InChI=1S/C25H32N4O5SSi/c1-17-12-14-18(15-13-17)35(31,32)29-16-20(19-10-8-9-11-21(19)29)23(22(27-28-26)24(30)33-5)34-36(6,7)25(2,3)4/h8-16,22-23H,1-7H3/t22-,23-/m0/s1. The summed E-state index contributed by atoms with van der Waals surface area (Å²) in [5.41, 5.74) is 11.0. The summed E-state index contributed by atoms with van der Waals surface area (Å²) in [5.74, 6) is -0.769. The molecule has 0 fully saturated rings. The van der Waals surface area contributed by atoms with Gasteiger partial charge in [-0.05, 0) is 48.8 Å². The molecule has 0 N–H and O–H groups in total. The van der Waals surface area contributed by atoms with Gasteiger partial charge in [0, 0.05) is 22.1 Å². The van der Waals surface area contributed by atoms with Crippen molar-refractivity contribution in [1.82, 2.24) is 3.97 Å². The van der Waals surface area contributed by atoms with E-state index in [9.17, 15) is 18.7 Å². The fourth-order valence-corrected chi connectivity index (χ4v) is 6.25. The Hall–Kier alpha value is -3.11. The molecule has 0 radical (unpaired) electrons. The molecule has 0 bridgehead atoms. The Balaban J connectivity index is 2.32. The number of fused-ring (bicyclic) bond motifs is 1. The van der Waals surface area contributed by atoms with Gasteiger partial charge in [-0.25, -0.2) is 12.4 Å². The molecule has 2 atom stereocenters. The van der Waals surface area contributed by atoms with Crippen molar-refractivity contribution in [3.8, 4) is 0 Å². The normalized spacial score (nSPS) is 14.2. The van der Waals surface area contributed by atoms with Crippen molar-refractivity contribution < 1.29 is 22.4 Å². The Morgan fingerprint density at radius 1 is 1.11 bits per heavy atom. The zero-order valence-electron chi connectivity index (χ0n) is 21.6. The Morgan fingerprint density at radius 3 is 2.28 bits per heavy atom. The summed E-state index contributed by atoms with van der Waals surface area (Å²) < 4.78 is 40.1. The van der Waals surface area contributed by atoms with E-state index in [0.717, 1.165) is 5.56 Å². The molecule has 0 saturated carbocycles. The maximum atomic E-state index is 13.7. The fraction of sp³-hybridized carbons (Fsp3) is 0.400. The van der Waals surface area contributed by atoms with Crippen LogP contribution in [0.1, 0.15) is 38.0 Å². The number of nitrogens with zero attached hydrogens (tertiary/aromatic N) is 4. The highest BCUT2D eigenvalue weighted by Crippen LogP contribution is 2.43. The Kier molecular flexibility index (Phi) is 7.71. The van der Waals surface area contributed by atoms with Crippen LogP contribution in [0.15, 0.2) is 64.7 Å². The number of rotatable bonds is 8. The van der Waals surface area contributed by atoms with Crippen molar-refractivity contribution >= 4 is 35.2 Å². The van der Waals surface area contributed by atoms with Gasteiger partial charge in [0.1, 0.15) is 0 Å². The number of methoxy groups -OCH3 is 1. The number of ether oxygens (including phenoxy) is 1. The summed E-state index contributed by atoms with van der Waals surface area (Å²) in [4.78, 5) is 15.8. The number of benzene rings is 2. The van der Waals surface area contributed by atoms with E-state index < -0.39 is 36.5 Å². The Bertz CT molecular complexity index is 1420. The number of azide groups is 1. The summed E-state index contributed by atoms with van der Waals surface area (Å²) in [6, 6.07) is 12.2. The molecular weight excluding hydrogens is 496 g/mol. The van der Waals surface area contributed by atoms with Crippen molar-refractivity contribution in [2.45, 2.75) is 62.9 Å². The maximum absolute atomic E-state index is 13.7. The minimum atomic E-state index is -3.98. The second-order valence-corrected chi connectivity index (χ2v) is 16.8. The number of carbonyl (C=O) groups is 1. The molecule has 0 amide bonds. The van der Waals surface area contributed by atoms with Gasteiger partial charge >= 0.3 is 5.97 Å². The third kappa shape index (κ3) is 5.19. The van der Waals surface area contributed by atoms with E-state index in [4.69, 9.17) is 9.16 Å². The molecule has 2 aromatic carbocycles. The summed E-state index contributed by atoms with van der Waals surface area (Å²) in [7, 11) is -5.32. The Morgan fingerprint density at radius 2 is 1.72 bits per heavy atom. The fourth-order valence-electron chi connectivity index (χ4n) is 3.62. The van der Waals surface area contributed by atoms with Crippen molar-refractivity contribution in [2.24, 2.45) is 5.11 Å². The largest absolute Gasteiger partial charge is 0.469 e. The van der Waals surface area contributed by atoms with Crippen LogP contribution < -0.4 is 0 Å². The van der Waals surface area contributed by atoms with Crippen LogP contribution in [0.3, 0.4) is 0 Å². The molecular formula is C25H32N4O5SSi. The first kappa shape index (κ1) is 27.5. The molecule has 11 heteroatoms. The minimum absolute atomic E-state index is 0.127. The molecule has 3 aromatic rings. The monoisotopic (exact) mass is 528 g/mol. The molecule has 0 unspecified atom stereocenters. The van der Waals surface area contributed by atoms with Gasteiger partial charge in [-0.2, -0.15) is 0 Å². The van der Waals surface area contributed by atoms with E-state index in [-0.39, 0.29) is 9.93 Å². The second kappa shape index (κ2) is 10.1. The first-order valence-electron chi connectivity index (χ1n) is 11.5. The van der Waals surface area contributed by atoms with E-state index in [1.807, 2.05) is 40.8 Å². The molecule has 0 aliphatic rings. The summed E-state index contributed by atoms with van der Waals surface area (Å²) in [6.07, 6.45) is 0.397. The number of carbonyl (C=O) groups excluding carboxylic acids is 1. The highest BCUT2D eigenvalue weighted by Gasteiger charge is 2.44. The lowest BCUT2D eigenvalue weighted by atomic mass is 10.0. The number of aryl methyl sites for hydroxylation is 1. The topological polar surface area (TPSA) is 123 Å². The van der Waals surface area contributed by atoms with Gasteiger partial charge in [0.15, 0.2) is 14.4 Å². The predicted molar refractivity (Wildman–Crippen MR) is 142 cm³/mol. The van der Waals surface area contributed by atoms with Crippen LogP contribution in [0.4, 0.5) is 0 Å². The lowest BCUT2D eigenvalue weighted by Gasteiger charge is -2.40. The first-order valence-corrected chi connectivity index (χ1v) is 15.8. The zero-order chi connectivity index (χ0) is 26.9. The van der Waals surface area contributed by atoms with Crippen LogP contribution >= 0.6 is 0 Å². The van der Waals surface area contributed by atoms with Gasteiger partial charge in [-0.3, -0.25) is 4.79 Å². The zero-order valence-corrected chi connectivity index (χ0v) is 23.4. The van der Waals surface area contributed by atoms with Crippen molar-refractivity contribution in [3.05, 3.63) is 76.3 Å². The Labute approximate surface area is 212 Å². The number of hydrogen-bond donors (Lipinski definition) is 0. The highest BCUT2D eigenvalue weighted by molar-refractivity contribution is 7.90. The maximum Gasteiger partial charge on any atom is 0.317 e. The van der Waals surface area contributed by atoms with Crippen LogP contribution in [0.2, 0.25) is 18.1 Å². The molecule has 3 rings (SSSR count). The van der Waals surface area contributed by atoms with E-state index in [1.54, 1.807) is 48.5 Å². The van der Waals surface area contributed by atoms with Gasteiger partial charge in [0.2, 0.25) is 0 Å². The molecule has 1 heterocycles. The lowest BCUT2D eigenvalue weighted by molar-refractivity contribution is -0.144. The average molecular weight is 529 g/mol. The highest BCUT2D eigenvalue weighted by atomic mass is 32.2. The third-order valence-electron chi connectivity index (χ3n) is 6.73. The van der Waals surface area contributed by atoms with E-state index in [1.165, 1.54) is 17.3 Å². The average Bonchev–Trinajstić information content (AvgIpc) is 3.21. The van der Waals surface area contributed by atoms with Crippen LogP contribution in [-0.4, -0.2) is 39.8 Å². The predicted octanol–water partition coefficient (Wildman–Crippen LogP) is 6.10. The first-order chi connectivity index (χ1) is 16.7. The van der Waals surface area contributed by atoms with Gasteiger partial charge < -0.3 is 9.16 Å². The molecule has 0 saturated heterocycles. The van der Waals surface area contributed by atoms with Crippen LogP contribution in [0, 0.1) is 6.92 Å². The van der Waals surface area contributed by atoms with Gasteiger partial charge in [0.25, 0.3) is 10.0 Å². The molecule has 192 valence electrons. The number of para-hydroxylation sites is 1. The van der Waals surface area contributed by atoms with Gasteiger partial charge in [-0.15, -0.1) is 0 Å². The quantitative estimate of drug-likeness (QED) is 0.115. The van der Waals surface area contributed by atoms with Gasteiger partial charge in [-0.1, -0.05) is 61.8 Å². The smallest absolute Gasteiger partial charge is 0.317 e. The van der Waals surface area contributed by atoms with Crippen molar-refractivity contribution in [1.29, 1.82) is 0 Å². The van der Waals surface area contributed by atoms with E-state index in [0.29, 0.717) is 16.5 Å². The van der Waals surface area contributed by atoms with Crippen molar-refractivity contribution in [2.75, 3.05) is 7.11 Å². The molecule has 0 spiro atoms. The summed E-state index contributed by atoms with van der Waals surface area (Å²) in [5, 5.41) is 4.06. The molecule has 1 aromatic heterocycles. The SMILES string of the molecule is COC(=O)[C@@H](N=[N+]=[N-])[C@@H](O[Si](C)(C)C(C)(C)C)c1cn(S(=O)(=O)c2ccc(C)cc2)c2ccccc12. The molecule has 9 nitrogen and oxygen atoms in total. The summed E-state index contributed by atoms with van der Waals surface area (Å²) in [6.45, 7) is 12.0. The molecule has 0 aliphatic heterocycles. The third-order valence-corrected chi connectivity index (χ3v) is 12.9. The van der Waals surface area contributed by atoms with Crippen LogP contribution in [-0.2, 0) is 24.0 Å². The lowest BCUT2D eigenvalue weighted by Crippen LogP contribution is -2.45. The van der Waals surface area contributed by atoms with Crippen molar-refractivity contribution in [3.63, 3.8) is 0 Å². The van der Waals surface area contributed by atoms with Gasteiger partial charge in [0.05, 0.1) is 23.6 Å². The number of esters is 1. The van der Waals surface area contributed by atoms with E-state index >= 15 is 0 Å². The van der Waals surface area contributed by atoms with Crippen LogP contribution in [0.25, 0.3) is 21.3 Å². The minimum Gasteiger partial charge on any atom is -0.469 e. The molecule has 36 heavy (non-hydrogen) atoms. The number of hydrogen-bond acceptors (Lipinski definition) is 6.